The Morgan fingerprint density at radius 3 is 2.27 bits per heavy atom. The second-order valence-corrected chi connectivity index (χ2v) is 3.42. The third kappa shape index (κ3) is 2.33. The summed E-state index contributed by atoms with van der Waals surface area (Å²) in [6.45, 7) is -0.590. The van der Waals surface area contributed by atoms with E-state index in [1.54, 1.807) is 0 Å². The third-order valence-corrected chi connectivity index (χ3v) is 2.41. The molecular formula is C8H14O7. The molecule has 1 aliphatic rings. The van der Waals surface area contributed by atoms with E-state index in [-0.39, 0.29) is 6.29 Å². The van der Waals surface area contributed by atoms with Gasteiger partial charge in [0.15, 0.2) is 6.29 Å². The molecule has 0 amide bonds. The number of hydrogen-bond acceptors (Lipinski definition) is 7. The first-order valence-electron chi connectivity index (χ1n) is 4.46. The van der Waals surface area contributed by atoms with E-state index in [1.807, 2.05) is 0 Å². The van der Waals surface area contributed by atoms with Crippen LogP contribution in [-0.4, -0.2) is 75.0 Å². The fraction of sp³-hybridized carbons (Fsp3) is 0.875. The molecule has 1 heterocycles. The number of carbonyl (C=O) groups is 1. The molecule has 0 bridgehead atoms. The van der Waals surface area contributed by atoms with Crippen LogP contribution in [0, 0.1) is 0 Å². The van der Waals surface area contributed by atoms with Crippen LogP contribution in [0.25, 0.3) is 0 Å². The zero-order valence-electron chi connectivity index (χ0n) is 7.80. The predicted octanol–water partition coefficient (Wildman–Crippen LogP) is -3.61. The topological polar surface area (TPSA) is 127 Å². The number of aliphatic hydroxyl groups excluding tert-OH is 5. The lowest BCUT2D eigenvalue weighted by Crippen LogP contribution is -2.61. The lowest BCUT2D eigenvalue weighted by atomic mass is 9.93. The molecule has 88 valence electrons. The second kappa shape index (κ2) is 4.97. The quantitative estimate of drug-likeness (QED) is 0.312. The Bertz CT molecular complexity index is 219. The average molecular weight is 222 g/mol. The van der Waals surface area contributed by atoms with Gasteiger partial charge in [-0.3, -0.25) is 0 Å². The van der Waals surface area contributed by atoms with Gasteiger partial charge in [0.1, 0.15) is 36.6 Å². The van der Waals surface area contributed by atoms with E-state index >= 15 is 0 Å². The van der Waals surface area contributed by atoms with Gasteiger partial charge in [0.2, 0.25) is 0 Å². The highest BCUT2D eigenvalue weighted by atomic mass is 16.6. The maximum absolute atomic E-state index is 10.3. The first-order valence-corrected chi connectivity index (χ1v) is 4.46. The van der Waals surface area contributed by atoms with Gasteiger partial charge in [0.05, 0.1) is 6.61 Å². The Morgan fingerprint density at radius 2 is 1.80 bits per heavy atom. The lowest BCUT2D eigenvalue weighted by Gasteiger charge is -2.40. The van der Waals surface area contributed by atoms with Crippen molar-refractivity contribution in [3.63, 3.8) is 0 Å². The Balaban J connectivity index is 2.78. The zero-order chi connectivity index (χ0) is 11.6. The van der Waals surface area contributed by atoms with Crippen molar-refractivity contribution in [1.82, 2.24) is 0 Å². The summed E-state index contributed by atoms with van der Waals surface area (Å²) >= 11 is 0. The molecule has 1 fully saturated rings. The maximum Gasteiger partial charge on any atom is 0.151 e. The summed E-state index contributed by atoms with van der Waals surface area (Å²) < 4.78 is 4.89. The SMILES string of the molecule is O=CC(O)C1O[C@H](CO)[C@@H](O)[C@H](O)[C@H]1O. The molecule has 0 saturated carbocycles. The summed E-state index contributed by atoms with van der Waals surface area (Å²) in [4.78, 5) is 10.3. The van der Waals surface area contributed by atoms with Crippen molar-refractivity contribution < 1.29 is 35.1 Å². The summed E-state index contributed by atoms with van der Waals surface area (Å²) in [5.41, 5.74) is 0. The molecule has 6 atom stereocenters. The first kappa shape index (κ1) is 12.5. The van der Waals surface area contributed by atoms with Crippen LogP contribution in [0.15, 0.2) is 0 Å². The minimum absolute atomic E-state index is 0.146. The van der Waals surface area contributed by atoms with Crippen LogP contribution < -0.4 is 0 Å². The van der Waals surface area contributed by atoms with Crippen LogP contribution in [0.5, 0.6) is 0 Å². The minimum Gasteiger partial charge on any atom is -0.394 e. The van der Waals surface area contributed by atoms with Gasteiger partial charge < -0.3 is 35.1 Å². The Morgan fingerprint density at radius 1 is 1.20 bits per heavy atom. The molecule has 0 aromatic heterocycles. The van der Waals surface area contributed by atoms with Crippen molar-refractivity contribution in [1.29, 1.82) is 0 Å². The number of ether oxygens (including phenoxy) is 1. The van der Waals surface area contributed by atoms with Crippen LogP contribution in [0.4, 0.5) is 0 Å². The van der Waals surface area contributed by atoms with Crippen LogP contribution in [0.2, 0.25) is 0 Å². The van der Waals surface area contributed by atoms with Crippen LogP contribution in [0.3, 0.4) is 0 Å². The number of hydrogen-bond donors (Lipinski definition) is 5. The number of carbonyl (C=O) groups excluding carboxylic acids is 1. The third-order valence-electron chi connectivity index (χ3n) is 2.41. The van der Waals surface area contributed by atoms with Crippen molar-refractivity contribution in [2.24, 2.45) is 0 Å². The lowest BCUT2D eigenvalue weighted by molar-refractivity contribution is -0.245. The van der Waals surface area contributed by atoms with Gasteiger partial charge in [-0.05, 0) is 0 Å². The standard InChI is InChI=1S/C8H14O7/c9-1-3(11)8-7(14)6(13)5(12)4(2-10)15-8/h1,3-8,10-14H,2H2/t3?,4-,5-,6+,7-,8?/m1/s1. The zero-order valence-corrected chi connectivity index (χ0v) is 7.80. The molecule has 0 aliphatic carbocycles. The van der Waals surface area contributed by atoms with Crippen LogP contribution >= 0.6 is 0 Å². The molecule has 7 nitrogen and oxygen atoms in total. The monoisotopic (exact) mass is 222 g/mol. The van der Waals surface area contributed by atoms with Crippen molar-refractivity contribution in [3.8, 4) is 0 Å². The van der Waals surface area contributed by atoms with E-state index in [9.17, 15) is 20.1 Å². The molecule has 0 radical (unpaired) electrons. The Hall–Kier alpha value is -0.570. The maximum atomic E-state index is 10.3. The van der Waals surface area contributed by atoms with Gasteiger partial charge in [-0.15, -0.1) is 0 Å². The average Bonchev–Trinajstić information content (AvgIpc) is 2.25. The molecule has 1 rings (SSSR count). The van der Waals surface area contributed by atoms with E-state index < -0.39 is 43.2 Å². The molecule has 1 aliphatic heterocycles. The Kier molecular flexibility index (Phi) is 4.14. The van der Waals surface area contributed by atoms with E-state index in [2.05, 4.69) is 0 Å². The van der Waals surface area contributed by atoms with Crippen LogP contribution in [0.1, 0.15) is 0 Å². The van der Waals surface area contributed by atoms with E-state index in [4.69, 9.17) is 14.9 Å². The molecule has 0 spiro atoms. The highest BCUT2D eigenvalue weighted by molar-refractivity contribution is 5.56. The Labute approximate surface area is 85.5 Å². The van der Waals surface area contributed by atoms with E-state index in [0.717, 1.165) is 0 Å². The molecule has 5 N–H and O–H groups in total. The molecule has 2 unspecified atom stereocenters. The predicted molar refractivity (Wildman–Crippen MR) is 45.8 cm³/mol. The first-order chi connectivity index (χ1) is 7.02. The smallest absolute Gasteiger partial charge is 0.151 e. The number of aliphatic hydroxyl groups is 5. The van der Waals surface area contributed by atoms with Gasteiger partial charge in [-0.25, -0.2) is 0 Å². The summed E-state index contributed by atoms with van der Waals surface area (Å²) in [5.74, 6) is 0. The summed E-state index contributed by atoms with van der Waals surface area (Å²) in [6.07, 6.45) is -8.57. The van der Waals surface area contributed by atoms with Gasteiger partial charge in [-0.2, -0.15) is 0 Å². The summed E-state index contributed by atoms with van der Waals surface area (Å²) in [5, 5.41) is 46.0. The number of rotatable bonds is 3. The minimum atomic E-state index is -1.61. The normalized spacial score (nSPS) is 43.7. The fourth-order valence-corrected chi connectivity index (χ4v) is 1.49. The molecule has 0 aromatic carbocycles. The molecule has 15 heavy (non-hydrogen) atoms. The molecule has 0 aromatic rings. The summed E-state index contributed by atoms with van der Waals surface area (Å²) in [6, 6.07) is 0. The van der Waals surface area contributed by atoms with Gasteiger partial charge in [0.25, 0.3) is 0 Å². The van der Waals surface area contributed by atoms with Gasteiger partial charge in [-0.1, -0.05) is 0 Å². The van der Waals surface area contributed by atoms with Crippen molar-refractivity contribution in [2.45, 2.75) is 36.6 Å². The molecule has 7 heteroatoms. The van der Waals surface area contributed by atoms with Crippen LogP contribution in [-0.2, 0) is 9.53 Å². The van der Waals surface area contributed by atoms with E-state index in [0.29, 0.717) is 0 Å². The van der Waals surface area contributed by atoms with Crippen molar-refractivity contribution in [3.05, 3.63) is 0 Å². The van der Waals surface area contributed by atoms with E-state index in [1.165, 1.54) is 0 Å². The second-order valence-electron chi connectivity index (χ2n) is 3.42. The highest BCUT2D eigenvalue weighted by Crippen LogP contribution is 2.22. The van der Waals surface area contributed by atoms with Crippen molar-refractivity contribution >= 4 is 6.29 Å². The fourth-order valence-electron chi connectivity index (χ4n) is 1.49. The number of aldehydes is 1. The van der Waals surface area contributed by atoms with Gasteiger partial charge >= 0.3 is 0 Å². The summed E-state index contributed by atoms with van der Waals surface area (Å²) in [7, 11) is 0. The van der Waals surface area contributed by atoms with Gasteiger partial charge in [0, 0.05) is 0 Å². The molecule has 1 saturated heterocycles. The highest BCUT2D eigenvalue weighted by Gasteiger charge is 2.45. The molecular weight excluding hydrogens is 208 g/mol. The largest absolute Gasteiger partial charge is 0.394 e. The van der Waals surface area contributed by atoms with Crippen molar-refractivity contribution in [2.75, 3.05) is 6.61 Å².